The zero-order valence-corrected chi connectivity index (χ0v) is 12.7. The molecule has 1 aliphatic rings. The Kier molecular flexibility index (Phi) is 4.99. The summed E-state index contributed by atoms with van der Waals surface area (Å²) in [4.78, 5) is 17.5. The predicted molar refractivity (Wildman–Crippen MR) is 76.9 cm³/mol. The quantitative estimate of drug-likeness (QED) is 0.637. The van der Waals surface area contributed by atoms with E-state index in [0.29, 0.717) is 13.1 Å². The van der Waals surface area contributed by atoms with Crippen molar-refractivity contribution in [2.45, 2.75) is 4.90 Å². The summed E-state index contributed by atoms with van der Waals surface area (Å²) in [6.07, 6.45) is 1.18. The minimum absolute atomic E-state index is 0.0572. The molecule has 0 radical (unpaired) electrons. The van der Waals surface area contributed by atoms with E-state index in [1.807, 2.05) is 0 Å². The first-order valence-corrected chi connectivity index (χ1v) is 8.19. The maximum atomic E-state index is 12.0. The van der Waals surface area contributed by atoms with Crippen LogP contribution >= 0.6 is 0 Å². The van der Waals surface area contributed by atoms with Gasteiger partial charge in [-0.3, -0.25) is 4.90 Å². The number of sulfonamides is 1. The van der Waals surface area contributed by atoms with Crippen molar-refractivity contribution in [3.63, 3.8) is 0 Å². The van der Waals surface area contributed by atoms with Crippen LogP contribution in [0, 0.1) is 0 Å². The number of carboxylic acids is 1. The number of likely N-dealkylation sites (N-methyl/N-ethyl adjacent to an activating group) is 1. The summed E-state index contributed by atoms with van der Waals surface area (Å²) in [6.45, 7) is 4.75. The highest BCUT2D eigenvalue weighted by atomic mass is 32.2. The van der Waals surface area contributed by atoms with Crippen molar-refractivity contribution in [2.75, 3.05) is 46.3 Å². The van der Waals surface area contributed by atoms with E-state index in [-0.39, 0.29) is 10.6 Å². The Morgan fingerprint density at radius 2 is 2.05 bits per heavy atom. The largest absolute Gasteiger partial charge is 0.477 e. The van der Waals surface area contributed by atoms with Crippen molar-refractivity contribution in [1.29, 1.82) is 0 Å². The summed E-state index contributed by atoms with van der Waals surface area (Å²) in [7, 11) is -1.60. The third kappa shape index (κ3) is 4.27. The van der Waals surface area contributed by atoms with E-state index in [2.05, 4.69) is 26.6 Å². The van der Waals surface area contributed by atoms with E-state index in [4.69, 9.17) is 5.11 Å². The van der Waals surface area contributed by atoms with Gasteiger partial charge in [0.1, 0.15) is 10.6 Å². The minimum Gasteiger partial charge on any atom is -0.477 e. The predicted octanol–water partition coefficient (Wildman–Crippen LogP) is -0.761. The average molecular weight is 316 g/mol. The molecular weight excluding hydrogens is 296 g/mol. The second kappa shape index (κ2) is 6.56. The molecule has 0 spiro atoms. The van der Waals surface area contributed by atoms with Gasteiger partial charge in [-0.15, -0.1) is 0 Å². The van der Waals surface area contributed by atoms with E-state index in [1.165, 1.54) is 6.20 Å². The number of hydrogen-bond donors (Lipinski definition) is 3. The summed E-state index contributed by atoms with van der Waals surface area (Å²) in [5.74, 6) is -1.19. The molecule has 0 atom stereocenters. The van der Waals surface area contributed by atoms with Crippen LogP contribution in [0.5, 0.6) is 0 Å². The van der Waals surface area contributed by atoms with Gasteiger partial charge in [-0.1, -0.05) is 0 Å². The van der Waals surface area contributed by atoms with Gasteiger partial charge in [-0.25, -0.2) is 17.9 Å². The van der Waals surface area contributed by atoms with E-state index >= 15 is 0 Å². The van der Waals surface area contributed by atoms with Gasteiger partial charge >= 0.3 is 5.97 Å². The lowest BCUT2D eigenvalue weighted by molar-refractivity contribution is 0.0691. The van der Waals surface area contributed by atoms with Crippen LogP contribution < -0.4 is 4.72 Å². The van der Waals surface area contributed by atoms with Crippen molar-refractivity contribution >= 4 is 16.0 Å². The highest BCUT2D eigenvalue weighted by molar-refractivity contribution is 7.89. The minimum atomic E-state index is -3.67. The van der Waals surface area contributed by atoms with Crippen molar-refractivity contribution in [3.05, 3.63) is 18.0 Å². The van der Waals surface area contributed by atoms with Gasteiger partial charge in [-0.2, -0.15) is 0 Å². The van der Waals surface area contributed by atoms with Gasteiger partial charge < -0.3 is 15.0 Å². The van der Waals surface area contributed by atoms with Gasteiger partial charge in [0.2, 0.25) is 10.0 Å². The molecule has 0 aromatic carbocycles. The average Bonchev–Trinajstić information content (AvgIpc) is 2.91. The van der Waals surface area contributed by atoms with E-state index < -0.39 is 16.0 Å². The van der Waals surface area contributed by atoms with Crippen molar-refractivity contribution < 1.29 is 18.3 Å². The fourth-order valence-corrected chi connectivity index (χ4v) is 3.16. The third-order valence-corrected chi connectivity index (χ3v) is 4.95. The van der Waals surface area contributed by atoms with Crippen LogP contribution in [0.1, 0.15) is 10.5 Å². The number of nitrogens with one attached hydrogen (secondary N) is 2. The number of rotatable bonds is 6. The summed E-state index contributed by atoms with van der Waals surface area (Å²) >= 11 is 0. The van der Waals surface area contributed by atoms with Crippen molar-refractivity contribution in [2.24, 2.45) is 0 Å². The number of aromatic nitrogens is 1. The highest BCUT2D eigenvalue weighted by Crippen LogP contribution is 2.10. The van der Waals surface area contributed by atoms with Gasteiger partial charge in [0.05, 0.1) is 0 Å². The SMILES string of the molecule is CN1CCN(CCNS(=O)(=O)c2c[nH]c(C(=O)O)c2)CC1. The molecule has 1 aliphatic heterocycles. The maximum Gasteiger partial charge on any atom is 0.352 e. The molecule has 3 N–H and O–H groups in total. The lowest BCUT2D eigenvalue weighted by atomic mass is 10.3. The number of aromatic amines is 1. The van der Waals surface area contributed by atoms with Crippen LogP contribution in [0.3, 0.4) is 0 Å². The lowest BCUT2D eigenvalue weighted by Gasteiger charge is -2.32. The highest BCUT2D eigenvalue weighted by Gasteiger charge is 2.19. The number of carboxylic acid groups (broad SMARTS) is 1. The molecule has 1 aromatic heterocycles. The molecule has 1 aromatic rings. The molecule has 9 heteroatoms. The fraction of sp³-hybridized carbons (Fsp3) is 0.583. The fourth-order valence-electron chi connectivity index (χ4n) is 2.15. The zero-order chi connectivity index (χ0) is 15.5. The maximum absolute atomic E-state index is 12.0. The van der Waals surface area contributed by atoms with Gasteiger partial charge in [0, 0.05) is 45.5 Å². The van der Waals surface area contributed by atoms with E-state index in [1.54, 1.807) is 0 Å². The molecule has 8 nitrogen and oxygen atoms in total. The van der Waals surface area contributed by atoms with Gasteiger partial charge in [0.15, 0.2) is 0 Å². The van der Waals surface area contributed by atoms with Gasteiger partial charge in [-0.05, 0) is 13.1 Å². The monoisotopic (exact) mass is 316 g/mol. The summed E-state index contributed by atoms with van der Waals surface area (Å²) in [5, 5.41) is 8.77. The number of piperazine rings is 1. The first kappa shape index (κ1) is 16.0. The Hall–Kier alpha value is -1.42. The van der Waals surface area contributed by atoms with Crippen LogP contribution in [0.2, 0.25) is 0 Å². The van der Waals surface area contributed by atoms with Crippen molar-refractivity contribution in [3.8, 4) is 0 Å². The number of nitrogens with zero attached hydrogens (tertiary/aromatic N) is 2. The molecule has 0 amide bonds. The van der Waals surface area contributed by atoms with Crippen LogP contribution in [-0.2, 0) is 10.0 Å². The first-order chi connectivity index (χ1) is 9.88. The molecule has 2 heterocycles. The molecule has 118 valence electrons. The summed E-state index contributed by atoms with van der Waals surface area (Å²) in [6, 6.07) is 1.11. The number of hydrogen-bond acceptors (Lipinski definition) is 5. The second-order valence-corrected chi connectivity index (χ2v) is 6.86. The summed E-state index contributed by atoms with van der Waals surface area (Å²) in [5.41, 5.74) is -0.144. The van der Waals surface area contributed by atoms with Crippen LogP contribution in [0.15, 0.2) is 17.2 Å². The second-order valence-electron chi connectivity index (χ2n) is 5.10. The van der Waals surface area contributed by atoms with Crippen LogP contribution in [0.4, 0.5) is 0 Å². The number of H-pyrrole nitrogens is 1. The molecular formula is C12H20N4O4S. The molecule has 0 aliphatic carbocycles. The molecule has 1 fully saturated rings. The van der Waals surface area contributed by atoms with E-state index in [9.17, 15) is 13.2 Å². The van der Waals surface area contributed by atoms with Gasteiger partial charge in [0.25, 0.3) is 0 Å². The van der Waals surface area contributed by atoms with E-state index in [0.717, 1.165) is 32.2 Å². The zero-order valence-electron chi connectivity index (χ0n) is 11.9. The number of aromatic carboxylic acids is 1. The normalized spacial score (nSPS) is 18.0. The molecule has 0 unspecified atom stereocenters. The lowest BCUT2D eigenvalue weighted by Crippen LogP contribution is -2.46. The van der Waals surface area contributed by atoms with Crippen LogP contribution in [0.25, 0.3) is 0 Å². The standard InChI is InChI=1S/C12H20N4O4S/c1-15-4-6-16(7-5-15)3-2-14-21(19,20)10-8-11(12(17)18)13-9-10/h8-9,13-14H,2-7H2,1H3,(H,17,18). The smallest absolute Gasteiger partial charge is 0.352 e. The molecule has 0 saturated carbocycles. The topological polar surface area (TPSA) is 106 Å². The van der Waals surface area contributed by atoms with Crippen molar-refractivity contribution in [1.82, 2.24) is 19.5 Å². The molecule has 1 saturated heterocycles. The third-order valence-electron chi connectivity index (χ3n) is 3.51. The molecule has 21 heavy (non-hydrogen) atoms. The Morgan fingerprint density at radius 3 is 2.62 bits per heavy atom. The molecule has 0 bridgehead atoms. The number of carbonyl (C=O) groups is 1. The Morgan fingerprint density at radius 1 is 1.38 bits per heavy atom. The van der Waals surface area contributed by atoms with Crippen LogP contribution in [-0.4, -0.2) is 80.6 Å². The summed E-state index contributed by atoms with van der Waals surface area (Å²) < 4.78 is 26.5. The molecule has 2 rings (SSSR count). The Labute approximate surface area is 123 Å². The Balaban J connectivity index is 1.85. The Bertz CT molecular complexity index is 590. The first-order valence-electron chi connectivity index (χ1n) is 6.71.